The van der Waals surface area contributed by atoms with Gasteiger partial charge in [0.2, 0.25) is 0 Å². The predicted octanol–water partition coefficient (Wildman–Crippen LogP) is 4.19. The summed E-state index contributed by atoms with van der Waals surface area (Å²) in [4.78, 5) is 0. The highest BCUT2D eigenvalue weighted by atomic mass is 16.5. The summed E-state index contributed by atoms with van der Waals surface area (Å²) in [7, 11) is 1.65. The van der Waals surface area contributed by atoms with Gasteiger partial charge in [0.15, 0.2) is 11.3 Å². The molecule has 0 aliphatic rings. The van der Waals surface area contributed by atoms with Crippen molar-refractivity contribution in [2.45, 2.75) is 26.4 Å². The number of ether oxygens (including phenoxy) is 1. The van der Waals surface area contributed by atoms with Crippen molar-refractivity contribution in [3.63, 3.8) is 0 Å². The van der Waals surface area contributed by atoms with Crippen LogP contribution in [-0.2, 0) is 6.54 Å². The maximum Gasteiger partial charge on any atom is 0.176 e. The van der Waals surface area contributed by atoms with Gasteiger partial charge in [0.1, 0.15) is 17.3 Å². The highest BCUT2D eigenvalue weighted by Gasteiger charge is 2.12. The number of furan rings is 2. The Morgan fingerprint density at radius 2 is 2.05 bits per heavy atom. The maximum absolute atomic E-state index is 5.86. The van der Waals surface area contributed by atoms with Crippen LogP contribution in [0.4, 0.5) is 0 Å². The Kier molecular flexibility index (Phi) is 3.71. The largest absolute Gasteiger partial charge is 0.493 e. The number of hydrogen-bond donors (Lipinski definition) is 1. The number of fused-ring (bicyclic) bond motifs is 1. The van der Waals surface area contributed by atoms with Crippen molar-refractivity contribution >= 4 is 11.0 Å². The van der Waals surface area contributed by atoms with Gasteiger partial charge in [-0.1, -0.05) is 12.1 Å². The Morgan fingerprint density at radius 3 is 2.76 bits per heavy atom. The summed E-state index contributed by atoms with van der Waals surface area (Å²) < 4.78 is 16.8. The molecule has 0 aliphatic heterocycles. The van der Waals surface area contributed by atoms with E-state index in [0.29, 0.717) is 6.54 Å². The third-order valence-corrected chi connectivity index (χ3v) is 3.55. The lowest BCUT2D eigenvalue weighted by Crippen LogP contribution is -2.17. The molecule has 2 aromatic heterocycles. The first-order valence-corrected chi connectivity index (χ1v) is 7.02. The van der Waals surface area contributed by atoms with Crippen LogP contribution in [0.3, 0.4) is 0 Å². The average molecular weight is 285 g/mol. The highest BCUT2D eigenvalue weighted by Crippen LogP contribution is 2.28. The minimum absolute atomic E-state index is 0.133. The van der Waals surface area contributed by atoms with Crippen LogP contribution in [-0.4, -0.2) is 7.11 Å². The van der Waals surface area contributed by atoms with Crippen molar-refractivity contribution in [1.29, 1.82) is 0 Å². The molecule has 0 fully saturated rings. The Bertz CT molecular complexity index is 741. The zero-order chi connectivity index (χ0) is 14.8. The van der Waals surface area contributed by atoms with Gasteiger partial charge in [-0.25, -0.2) is 0 Å². The molecule has 0 saturated heterocycles. The van der Waals surface area contributed by atoms with E-state index in [9.17, 15) is 0 Å². The van der Waals surface area contributed by atoms with Crippen molar-refractivity contribution < 1.29 is 13.6 Å². The first kappa shape index (κ1) is 13.8. The molecule has 1 aromatic carbocycles. The Labute approximate surface area is 123 Å². The Morgan fingerprint density at radius 1 is 1.19 bits per heavy atom. The van der Waals surface area contributed by atoms with E-state index in [0.717, 1.165) is 34.0 Å². The van der Waals surface area contributed by atoms with Gasteiger partial charge < -0.3 is 18.9 Å². The zero-order valence-electron chi connectivity index (χ0n) is 12.5. The quantitative estimate of drug-likeness (QED) is 0.763. The van der Waals surface area contributed by atoms with E-state index in [4.69, 9.17) is 13.6 Å². The minimum Gasteiger partial charge on any atom is -0.493 e. The zero-order valence-corrected chi connectivity index (χ0v) is 12.5. The van der Waals surface area contributed by atoms with Gasteiger partial charge in [-0.3, -0.25) is 0 Å². The fourth-order valence-electron chi connectivity index (χ4n) is 2.38. The summed E-state index contributed by atoms with van der Waals surface area (Å²) in [6.07, 6.45) is 0. The monoisotopic (exact) mass is 285 g/mol. The number of benzene rings is 1. The van der Waals surface area contributed by atoms with Crippen LogP contribution in [0.1, 0.15) is 30.2 Å². The lowest BCUT2D eigenvalue weighted by molar-refractivity contribution is 0.392. The SMILES string of the molecule is COc1cccc2cc(CNC(C)c3ccc(C)o3)oc12. The molecule has 0 bridgehead atoms. The van der Waals surface area contributed by atoms with Crippen molar-refractivity contribution in [3.8, 4) is 5.75 Å². The molecule has 0 saturated carbocycles. The molecule has 3 rings (SSSR count). The van der Waals surface area contributed by atoms with Crippen LogP contribution >= 0.6 is 0 Å². The van der Waals surface area contributed by atoms with Gasteiger partial charge in [0, 0.05) is 5.39 Å². The van der Waals surface area contributed by atoms with Crippen LogP contribution < -0.4 is 10.1 Å². The molecule has 0 aliphatic carbocycles. The second kappa shape index (κ2) is 5.66. The number of methoxy groups -OCH3 is 1. The molecule has 110 valence electrons. The van der Waals surface area contributed by atoms with Crippen LogP contribution in [0, 0.1) is 6.92 Å². The smallest absolute Gasteiger partial charge is 0.176 e. The number of hydrogen-bond acceptors (Lipinski definition) is 4. The summed E-state index contributed by atoms with van der Waals surface area (Å²) >= 11 is 0. The standard InChI is InChI=1S/C17H19NO3/c1-11-7-8-15(20-11)12(2)18-10-14-9-13-5-4-6-16(19-3)17(13)21-14/h4-9,12,18H,10H2,1-3H3. The number of nitrogens with one attached hydrogen (secondary N) is 1. The lowest BCUT2D eigenvalue weighted by Gasteiger charge is -2.09. The average Bonchev–Trinajstić information content (AvgIpc) is 3.10. The van der Waals surface area contributed by atoms with Crippen molar-refractivity contribution in [1.82, 2.24) is 5.32 Å². The number of rotatable bonds is 5. The summed E-state index contributed by atoms with van der Waals surface area (Å²) in [5.41, 5.74) is 0.790. The second-order valence-corrected chi connectivity index (χ2v) is 5.14. The Balaban J connectivity index is 1.73. The van der Waals surface area contributed by atoms with Gasteiger partial charge >= 0.3 is 0 Å². The second-order valence-electron chi connectivity index (χ2n) is 5.14. The lowest BCUT2D eigenvalue weighted by atomic mass is 10.2. The normalized spacial score (nSPS) is 12.7. The van der Waals surface area contributed by atoms with Crippen LogP contribution in [0.5, 0.6) is 5.75 Å². The summed E-state index contributed by atoms with van der Waals surface area (Å²) in [6, 6.07) is 12.0. The van der Waals surface area contributed by atoms with E-state index in [2.05, 4.69) is 12.2 Å². The molecule has 0 spiro atoms. The molecule has 4 heteroatoms. The fourth-order valence-corrected chi connectivity index (χ4v) is 2.38. The van der Waals surface area contributed by atoms with E-state index in [1.165, 1.54) is 0 Å². The topological polar surface area (TPSA) is 47.5 Å². The first-order valence-electron chi connectivity index (χ1n) is 7.02. The van der Waals surface area contributed by atoms with Crippen molar-refractivity contribution in [2.24, 2.45) is 0 Å². The van der Waals surface area contributed by atoms with Gasteiger partial charge in [-0.15, -0.1) is 0 Å². The summed E-state index contributed by atoms with van der Waals surface area (Å²) in [5, 5.41) is 4.45. The van der Waals surface area contributed by atoms with Crippen LogP contribution in [0.25, 0.3) is 11.0 Å². The van der Waals surface area contributed by atoms with E-state index >= 15 is 0 Å². The molecule has 1 N–H and O–H groups in total. The van der Waals surface area contributed by atoms with Gasteiger partial charge in [-0.05, 0) is 38.1 Å². The van der Waals surface area contributed by atoms with Gasteiger partial charge in [0.05, 0.1) is 19.7 Å². The Hall–Kier alpha value is -2.20. The van der Waals surface area contributed by atoms with Crippen LogP contribution in [0.2, 0.25) is 0 Å². The third kappa shape index (κ3) is 2.81. The van der Waals surface area contributed by atoms with E-state index in [-0.39, 0.29) is 6.04 Å². The summed E-state index contributed by atoms with van der Waals surface area (Å²) in [6.45, 7) is 4.65. The molecular formula is C17H19NO3. The molecule has 21 heavy (non-hydrogen) atoms. The minimum atomic E-state index is 0.133. The third-order valence-electron chi connectivity index (χ3n) is 3.55. The van der Waals surface area contributed by atoms with Crippen LogP contribution in [0.15, 0.2) is 45.2 Å². The molecule has 3 aromatic rings. The van der Waals surface area contributed by atoms with Gasteiger partial charge in [0.25, 0.3) is 0 Å². The van der Waals surface area contributed by atoms with Crippen molar-refractivity contribution in [2.75, 3.05) is 7.11 Å². The molecular weight excluding hydrogens is 266 g/mol. The molecule has 2 heterocycles. The first-order chi connectivity index (χ1) is 10.2. The maximum atomic E-state index is 5.86. The molecule has 4 nitrogen and oxygen atoms in total. The van der Waals surface area contributed by atoms with Crippen molar-refractivity contribution in [3.05, 3.63) is 53.7 Å². The van der Waals surface area contributed by atoms with E-state index in [1.807, 2.05) is 43.3 Å². The molecule has 0 amide bonds. The molecule has 1 atom stereocenters. The van der Waals surface area contributed by atoms with Gasteiger partial charge in [-0.2, -0.15) is 0 Å². The van der Waals surface area contributed by atoms with E-state index < -0.39 is 0 Å². The predicted molar refractivity (Wildman–Crippen MR) is 81.5 cm³/mol. The summed E-state index contributed by atoms with van der Waals surface area (Å²) in [5.74, 6) is 3.49. The molecule has 0 radical (unpaired) electrons. The van der Waals surface area contributed by atoms with E-state index in [1.54, 1.807) is 7.11 Å². The fraction of sp³-hybridized carbons (Fsp3) is 0.294. The molecule has 1 unspecified atom stereocenters. The number of para-hydroxylation sites is 1. The highest BCUT2D eigenvalue weighted by molar-refractivity contribution is 5.83. The number of aryl methyl sites for hydroxylation is 1.